The zero-order valence-corrected chi connectivity index (χ0v) is 10.9. The first kappa shape index (κ1) is 14.3. The number of aliphatic hydroxyl groups excluding tert-OH is 1. The Labute approximate surface area is 107 Å². The van der Waals surface area contributed by atoms with E-state index in [-0.39, 0.29) is 12.6 Å². The first-order chi connectivity index (χ1) is 8.13. The lowest BCUT2D eigenvalue weighted by Gasteiger charge is -2.22. The van der Waals surface area contributed by atoms with Crippen molar-refractivity contribution in [1.82, 2.24) is 5.32 Å². The number of hydrogen-bond donors (Lipinski definition) is 3. The van der Waals surface area contributed by atoms with Crippen molar-refractivity contribution in [1.29, 1.82) is 0 Å². The first-order valence-corrected chi connectivity index (χ1v) is 5.99. The molecule has 1 rings (SSSR count). The summed E-state index contributed by atoms with van der Waals surface area (Å²) >= 11 is 6.09. The van der Waals surface area contributed by atoms with Crippen LogP contribution in [0.1, 0.15) is 18.5 Å². The first-order valence-electron chi connectivity index (χ1n) is 5.61. The van der Waals surface area contributed by atoms with Crippen LogP contribution in [0.15, 0.2) is 18.2 Å². The van der Waals surface area contributed by atoms with E-state index in [1.807, 2.05) is 13.0 Å². The molecule has 0 aliphatic rings. The van der Waals surface area contributed by atoms with E-state index in [1.165, 1.54) is 0 Å². The molecule has 1 aromatic rings. The number of halogens is 1. The average molecular weight is 259 g/mol. The van der Waals surface area contributed by atoms with Crippen LogP contribution < -0.4 is 15.8 Å². The monoisotopic (exact) mass is 258 g/mol. The molecular weight excluding hydrogens is 240 g/mol. The zero-order chi connectivity index (χ0) is 12.8. The molecule has 0 bridgehead atoms. The number of likely N-dealkylation sites (N-methyl/N-ethyl adjacent to an activating group) is 1. The molecule has 0 heterocycles. The van der Waals surface area contributed by atoms with Gasteiger partial charge in [0.1, 0.15) is 5.75 Å². The smallest absolute Gasteiger partial charge is 0.137 e. The molecule has 0 amide bonds. The molecule has 5 heteroatoms. The Morgan fingerprint density at radius 2 is 2.24 bits per heavy atom. The van der Waals surface area contributed by atoms with Crippen LogP contribution in [0.25, 0.3) is 0 Å². The minimum Gasteiger partial charge on any atom is -0.492 e. The summed E-state index contributed by atoms with van der Waals surface area (Å²) in [4.78, 5) is 0. The highest BCUT2D eigenvalue weighted by atomic mass is 35.5. The van der Waals surface area contributed by atoms with E-state index < -0.39 is 6.10 Å². The fourth-order valence-corrected chi connectivity index (χ4v) is 1.94. The van der Waals surface area contributed by atoms with Crippen LogP contribution in [0.4, 0.5) is 0 Å². The van der Waals surface area contributed by atoms with Crippen molar-refractivity contribution in [3.05, 3.63) is 28.8 Å². The summed E-state index contributed by atoms with van der Waals surface area (Å²) in [5.41, 5.74) is 6.34. The standard InChI is InChI=1S/C12H19ClN2O2/c1-3-17-11-5-4-8(6-9(11)13)12(15-2)10(16)7-14/h4-6,10,12,15-16H,3,7,14H2,1-2H3. The number of rotatable bonds is 6. The van der Waals surface area contributed by atoms with Crippen LogP contribution in [0.5, 0.6) is 5.75 Å². The number of benzene rings is 1. The molecule has 2 unspecified atom stereocenters. The van der Waals surface area contributed by atoms with Crippen molar-refractivity contribution in [3.8, 4) is 5.75 Å². The fourth-order valence-electron chi connectivity index (χ4n) is 1.70. The molecule has 0 aromatic heterocycles. The summed E-state index contributed by atoms with van der Waals surface area (Å²) < 4.78 is 5.35. The SMILES string of the molecule is CCOc1ccc(C(NC)C(O)CN)cc1Cl. The summed E-state index contributed by atoms with van der Waals surface area (Å²) in [7, 11) is 1.77. The molecule has 96 valence electrons. The van der Waals surface area contributed by atoms with E-state index in [9.17, 15) is 5.11 Å². The van der Waals surface area contributed by atoms with Gasteiger partial charge < -0.3 is 20.9 Å². The van der Waals surface area contributed by atoms with Crippen molar-refractivity contribution in [2.75, 3.05) is 20.2 Å². The quantitative estimate of drug-likeness (QED) is 0.720. The van der Waals surface area contributed by atoms with Crippen molar-refractivity contribution in [2.45, 2.75) is 19.1 Å². The largest absolute Gasteiger partial charge is 0.492 e. The lowest BCUT2D eigenvalue weighted by atomic mass is 10.0. The maximum Gasteiger partial charge on any atom is 0.137 e. The molecule has 0 saturated carbocycles. The lowest BCUT2D eigenvalue weighted by Crippen LogP contribution is -2.34. The average Bonchev–Trinajstić information content (AvgIpc) is 2.33. The number of nitrogens with two attached hydrogens (primary N) is 1. The molecular formula is C12H19ClN2O2. The van der Waals surface area contributed by atoms with Gasteiger partial charge in [-0.1, -0.05) is 17.7 Å². The van der Waals surface area contributed by atoms with Crippen LogP contribution in [0.3, 0.4) is 0 Å². The minimum absolute atomic E-state index is 0.191. The molecule has 4 N–H and O–H groups in total. The summed E-state index contributed by atoms with van der Waals surface area (Å²) in [5, 5.41) is 13.3. The van der Waals surface area contributed by atoms with E-state index in [0.717, 1.165) is 5.56 Å². The third-order valence-corrected chi connectivity index (χ3v) is 2.85. The topological polar surface area (TPSA) is 67.5 Å². The van der Waals surface area contributed by atoms with E-state index >= 15 is 0 Å². The molecule has 2 atom stereocenters. The highest BCUT2D eigenvalue weighted by Gasteiger charge is 2.18. The van der Waals surface area contributed by atoms with Gasteiger partial charge in [0, 0.05) is 6.54 Å². The van der Waals surface area contributed by atoms with Crippen molar-refractivity contribution in [3.63, 3.8) is 0 Å². The lowest BCUT2D eigenvalue weighted by molar-refractivity contribution is 0.139. The van der Waals surface area contributed by atoms with Gasteiger partial charge in [0.05, 0.1) is 23.8 Å². The predicted molar refractivity (Wildman–Crippen MR) is 69.5 cm³/mol. The van der Waals surface area contributed by atoms with Crippen molar-refractivity contribution < 1.29 is 9.84 Å². The second kappa shape index (κ2) is 6.81. The van der Waals surface area contributed by atoms with Gasteiger partial charge in [-0.2, -0.15) is 0 Å². The maximum atomic E-state index is 9.77. The Bertz CT molecular complexity index is 360. The minimum atomic E-state index is -0.644. The van der Waals surface area contributed by atoms with Gasteiger partial charge in [0.15, 0.2) is 0 Å². The molecule has 1 aromatic carbocycles. The highest BCUT2D eigenvalue weighted by molar-refractivity contribution is 6.32. The molecule has 0 fully saturated rings. The Kier molecular flexibility index (Phi) is 5.71. The molecule has 0 spiro atoms. The number of ether oxygens (including phenoxy) is 1. The molecule has 0 radical (unpaired) electrons. The Balaban J connectivity index is 2.94. The second-order valence-electron chi connectivity index (χ2n) is 3.69. The Hall–Kier alpha value is -0.810. The predicted octanol–water partition coefficient (Wildman–Crippen LogP) is 1.32. The van der Waals surface area contributed by atoms with Gasteiger partial charge >= 0.3 is 0 Å². The van der Waals surface area contributed by atoms with E-state index in [4.69, 9.17) is 22.1 Å². The summed E-state index contributed by atoms with van der Waals surface area (Å²) in [6.45, 7) is 2.66. The number of hydrogen-bond acceptors (Lipinski definition) is 4. The van der Waals surface area contributed by atoms with E-state index in [1.54, 1.807) is 19.2 Å². The van der Waals surface area contributed by atoms with Gasteiger partial charge in [-0.3, -0.25) is 0 Å². The number of nitrogens with one attached hydrogen (secondary N) is 1. The van der Waals surface area contributed by atoms with Gasteiger partial charge in [-0.05, 0) is 31.7 Å². The Morgan fingerprint density at radius 3 is 2.71 bits per heavy atom. The summed E-state index contributed by atoms with van der Waals surface area (Å²) in [5.74, 6) is 0.648. The van der Waals surface area contributed by atoms with Crippen LogP contribution in [-0.4, -0.2) is 31.4 Å². The van der Waals surface area contributed by atoms with Crippen LogP contribution >= 0.6 is 11.6 Å². The molecule has 4 nitrogen and oxygen atoms in total. The van der Waals surface area contributed by atoms with Gasteiger partial charge in [-0.25, -0.2) is 0 Å². The normalized spacial score (nSPS) is 14.4. The van der Waals surface area contributed by atoms with Crippen LogP contribution in [0.2, 0.25) is 5.02 Å². The molecule has 0 aliphatic carbocycles. The van der Waals surface area contributed by atoms with E-state index in [0.29, 0.717) is 17.4 Å². The van der Waals surface area contributed by atoms with Gasteiger partial charge in [0.2, 0.25) is 0 Å². The molecule has 0 saturated heterocycles. The summed E-state index contributed by atoms with van der Waals surface area (Å²) in [6.07, 6.45) is -0.644. The van der Waals surface area contributed by atoms with Crippen molar-refractivity contribution >= 4 is 11.6 Å². The van der Waals surface area contributed by atoms with Gasteiger partial charge in [0.25, 0.3) is 0 Å². The molecule has 0 aliphatic heterocycles. The zero-order valence-electron chi connectivity index (χ0n) is 10.1. The highest BCUT2D eigenvalue weighted by Crippen LogP contribution is 2.28. The van der Waals surface area contributed by atoms with Crippen LogP contribution in [-0.2, 0) is 0 Å². The van der Waals surface area contributed by atoms with Crippen LogP contribution in [0, 0.1) is 0 Å². The van der Waals surface area contributed by atoms with Crippen molar-refractivity contribution in [2.24, 2.45) is 5.73 Å². The maximum absolute atomic E-state index is 9.77. The fraction of sp³-hybridized carbons (Fsp3) is 0.500. The van der Waals surface area contributed by atoms with E-state index in [2.05, 4.69) is 5.32 Å². The number of aliphatic hydroxyl groups is 1. The van der Waals surface area contributed by atoms with Gasteiger partial charge in [-0.15, -0.1) is 0 Å². The second-order valence-corrected chi connectivity index (χ2v) is 4.10. The Morgan fingerprint density at radius 1 is 1.53 bits per heavy atom. The molecule has 17 heavy (non-hydrogen) atoms. The third kappa shape index (κ3) is 3.57. The third-order valence-electron chi connectivity index (χ3n) is 2.55. The summed E-state index contributed by atoms with van der Waals surface area (Å²) in [6, 6.07) is 5.23.